The monoisotopic (exact) mass is 867 g/mol. The Hall–Kier alpha value is -8.30. The van der Waals surface area contributed by atoms with Crippen LogP contribution in [0, 0.1) is 0 Å². The van der Waals surface area contributed by atoms with Gasteiger partial charge in [0.05, 0.1) is 5.41 Å². The van der Waals surface area contributed by atoms with E-state index in [9.17, 15) is 0 Å². The van der Waals surface area contributed by atoms with Gasteiger partial charge >= 0.3 is 0 Å². The first-order chi connectivity index (χ1) is 33.2. The molecule has 0 amide bonds. The molecule has 0 bridgehead atoms. The van der Waals surface area contributed by atoms with Crippen LogP contribution >= 0.6 is 11.3 Å². The van der Waals surface area contributed by atoms with E-state index in [2.05, 4.69) is 254 Å². The average molecular weight is 868 g/mol. The van der Waals surface area contributed by atoms with Crippen LogP contribution in [0.4, 0.5) is 17.1 Å². The lowest BCUT2D eigenvalue weighted by molar-refractivity contribution is 0.768. The van der Waals surface area contributed by atoms with Crippen molar-refractivity contribution >= 4 is 80.9 Å². The summed E-state index contributed by atoms with van der Waals surface area (Å²) in [6.07, 6.45) is 0. The zero-order valence-corrected chi connectivity index (χ0v) is 37.3. The second-order valence-corrected chi connectivity index (χ2v) is 19.0. The van der Waals surface area contributed by atoms with Crippen molar-refractivity contribution in [3.05, 3.63) is 271 Å². The molecule has 0 aliphatic heterocycles. The Labute approximate surface area is 393 Å². The molecule has 0 saturated heterocycles. The van der Waals surface area contributed by atoms with E-state index in [1.807, 2.05) is 11.3 Å². The van der Waals surface area contributed by atoms with Gasteiger partial charge in [0.15, 0.2) is 0 Å². The summed E-state index contributed by atoms with van der Waals surface area (Å²) < 4.78 is 2.64. The van der Waals surface area contributed by atoms with Crippen molar-refractivity contribution in [1.29, 1.82) is 0 Å². The molecular weight excluding hydrogens is 827 g/mol. The quantitative estimate of drug-likeness (QED) is 0.144. The molecule has 312 valence electrons. The number of fused-ring (bicyclic) bond motifs is 6. The van der Waals surface area contributed by atoms with Crippen LogP contribution in [0.3, 0.4) is 0 Å². The SMILES string of the molecule is c1ccc(C2(c3cccc(N(c4ccc(-c5cc6cccc7ccc8cccc5c8c76)cc4)c4ccc(-c5cccc6c5sc5ccccc56)cc4)c3)c3ccccc3-c3ccccc32)cc1. The normalized spacial score (nSPS) is 12.9. The summed E-state index contributed by atoms with van der Waals surface area (Å²) in [5.74, 6) is 0. The minimum absolute atomic E-state index is 0.513. The molecule has 1 heterocycles. The topological polar surface area (TPSA) is 3.24 Å². The third-order valence-corrected chi connectivity index (χ3v) is 15.7. The van der Waals surface area contributed by atoms with Gasteiger partial charge in [-0.1, -0.05) is 200 Å². The summed E-state index contributed by atoms with van der Waals surface area (Å²) in [5.41, 5.74) is 15.4. The van der Waals surface area contributed by atoms with E-state index < -0.39 is 5.41 Å². The van der Waals surface area contributed by atoms with E-state index in [1.54, 1.807) is 0 Å². The summed E-state index contributed by atoms with van der Waals surface area (Å²) in [4.78, 5) is 2.44. The maximum Gasteiger partial charge on any atom is 0.0714 e. The summed E-state index contributed by atoms with van der Waals surface area (Å²) in [6, 6.07) is 92.6. The number of thiophene rings is 1. The zero-order chi connectivity index (χ0) is 44.1. The fraction of sp³-hybridized carbons (Fsp3) is 0.0154. The van der Waals surface area contributed by atoms with Crippen molar-refractivity contribution in [1.82, 2.24) is 0 Å². The molecular formula is C65H41NS. The van der Waals surface area contributed by atoms with Crippen LogP contribution in [0.1, 0.15) is 22.3 Å². The highest BCUT2D eigenvalue weighted by Crippen LogP contribution is 2.57. The van der Waals surface area contributed by atoms with E-state index in [1.165, 1.54) is 108 Å². The Morgan fingerprint density at radius 1 is 0.313 bits per heavy atom. The van der Waals surface area contributed by atoms with Gasteiger partial charge in [-0.15, -0.1) is 11.3 Å². The lowest BCUT2D eigenvalue weighted by Gasteiger charge is -2.35. The average Bonchev–Trinajstić information content (AvgIpc) is 3.93. The minimum Gasteiger partial charge on any atom is -0.310 e. The third kappa shape index (κ3) is 5.67. The Morgan fingerprint density at radius 2 is 0.851 bits per heavy atom. The smallest absolute Gasteiger partial charge is 0.0714 e. The van der Waals surface area contributed by atoms with Crippen molar-refractivity contribution in [3.63, 3.8) is 0 Å². The first-order valence-electron chi connectivity index (χ1n) is 23.2. The number of nitrogens with zero attached hydrogens (tertiary/aromatic N) is 1. The van der Waals surface area contributed by atoms with Crippen LogP contribution in [0.2, 0.25) is 0 Å². The van der Waals surface area contributed by atoms with E-state index in [-0.39, 0.29) is 0 Å². The molecule has 0 radical (unpaired) electrons. The lowest BCUT2D eigenvalue weighted by Crippen LogP contribution is -2.28. The van der Waals surface area contributed by atoms with Gasteiger partial charge in [0.25, 0.3) is 0 Å². The Balaban J connectivity index is 0.951. The fourth-order valence-electron chi connectivity index (χ4n) is 11.6. The predicted molar refractivity (Wildman–Crippen MR) is 286 cm³/mol. The lowest BCUT2D eigenvalue weighted by atomic mass is 9.67. The summed E-state index contributed by atoms with van der Waals surface area (Å²) in [6.45, 7) is 0. The van der Waals surface area contributed by atoms with Crippen LogP contribution in [0.15, 0.2) is 249 Å². The maximum atomic E-state index is 2.44. The molecule has 0 N–H and O–H groups in total. The first kappa shape index (κ1) is 38.0. The molecule has 1 nitrogen and oxygen atoms in total. The molecule has 0 spiro atoms. The summed E-state index contributed by atoms with van der Waals surface area (Å²) in [5, 5.41) is 10.4. The van der Waals surface area contributed by atoms with Gasteiger partial charge in [-0.25, -0.2) is 0 Å². The van der Waals surface area contributed by atoms with Crippen molar-refractivity contribution in [2.45, 2.75) is 5.41 Å². The standard InChI is InChI=1S/C65H41NS/c1-2-17-47(18-3-1)65(59-27-7-4-21-53(59)54-22-5-8-28-60(54)65)48-19-12-20-51(41-48)66(49-36-32-42(33-37-49)52-24-13-26-57-55-23-6-9-29-61(55)67-64(52)57)50-38-34-43(35-39-50)58-40-46-16-10-14-44-30-31-45-15-11-25-56(58)63(45)62(44)46/h1-41H. The number of hydrogen-bond acceptors (Lipinski definition) is 2. The highest BCUT2D eigenvalue weighted by molar-refractivity contribution is 7.26. The molecule has 67 heavy (non-hydrogen) atoms. The van der Waals surface area contributed by atoms with Crippen LogP contribution in [0.25, 0.3) is 85.9 Å². The molecule has 14 rings (SSSR count). The highest BCUT2D eigenvalue weighted by Gasteiger charge is 2.46. The van der Waals surface area contributed by atoms with Crippen LogP contribution in [-0.4, -0.2) is 0 Å². The van der Waals surface area contributed by atoms with Gasteiger partial charge in [-0.2, -0.15) is 0 Å². The maximum absolute atomic E-state index is 2.44. The number of hydrogen-bond donors (Lipinski definition) is 0. The molecule has 1 aromatic heterocycles. The number of benzene rings is 12. The molecule has 13 aromatic rings. The van der Waals surface area contributed by atoms with Gasteiger partial charge in [0.1, 0.15) is 0 Å². The van der Waals surface area contributed by atoms with Crippen LogP contribution < -0.4 is 4.90 Å². The summed E-state index contributed by atoms with van der Waals surface area (Å²) in [7, 11) is 0. The van der Waals surface area contributed by atoms with Gasteiger partial charge in [-0.05, 0) is 136 Å². The molecule has 12 aromatic carbocycles. The Morgan fingerprint density at radius 3 is 1.60 bits per heavy atom. The molecule has 0 fully saturated rings. The molecule has 1 aliphatic carbocycles. The first-order valence-corrected chi connectivity index (χ1v) is 24.0. The van der Waals surface area contributed by atoms with Gasteiger partial charge < -0.3 is 4.90 Å². The van der Waals surface area contributed by atoms with Crippen LogP contribution in [-0.2, 0) is 5.41 Å². The zero-order valence-electron chi connectivity index (χ0n) is 36.5. The largest absolute Gasteiger partial charge is 0.310 e. The van der Waals surface area contributed by atoms with Crippen molar-refractivity contribution in [2.24, 2.45) is 0 Å². The Bertz CT molecular complexity index is 3990. The van der Waals surface area contributed by atoms with Gasteiger partial charge in [0, 0.05) is 37.2 Å². The van der Waals surface area contributed by atoms with E-state index in [0.29, 0.717) is 0 Å². The van der Waals surface area contributed by atoms with Crippen molar-refractivity contribution in [3.8, 4) is 33.4 Å². The minimum atomic E-state index is -0.513. The van der Waals surface area contributed by atoms with E-state index >= 15 is 0 Å². The molecule has 0 atom stereocenters. The van der Waals surface area contributed by atoms with Gasteiger partial charge in [0.2, 0.25) is 0 Å². The third-order valence-electron chi connectivity index (χ3n) is 14.5. The van der Waals surface area contributed by atoms with Gasteiger partial charge in [-0.3, -0.25) is 0 Å². The predicted octanol–water partition coefficient (Wildman–Crippen LogP) is 18.1. The Kier molecular flexibility index (Phi) is 8.44. The second-order valence-electron chi connectivity index (χ2n) is 17.9. The molecule has 2 heteroatoms. The number of anilines is 3. The van der Waals surface area contributed by atoms with Crippen molar-refractivity contribution in [2.75, 3.05) is 4.90 Å². The number of rotatable bonds is 7. The highest BCUT2D eigenvalue weighted by atomic mass is 32.1. The second kappa shape index (κ2) is 14.9. The molecule has 1 aliphatic rings. The molecule has 0 saturated carbocycles. The van der Waals surface area contributed by atoms with E-state index in [0.717, 1.165) is 17.1 Å². The van der Waals surface area contributed by atoms with E-state index in [4.69, 9.17) is 0 Å². The molecule has 0 unspecified atom stereocenters. The fourth-order valence-corrected chi connectivity index (χ4v) is 12.8. The van der Waals surface area contributed by atoms with Crippen LogP contribution in [0.5, 0.6) is 0 Å². The summed E-state index contributed by atoms with van der Waals surface area (Å²) >= 11 is 1.88. The van der Waals surface area contributed by atoms with Crippen molar-refractivity contribution < 1.29 is 0 Å².